The molecule has 0 spiro atoms. The lowest BCUT2D eigenvalue weighted by Gasteiger charge is -2.32. The van der Waals surface area contributed by atoms with Gasteiger partial charge in [0.05, 0.1) is 5.75 Å². The Morgan fingerprint density at radius 3 is 2.19 bits per heavy atom. The van der Waals surface area contributed by atoms with E-state index in [9.17, 15) is 9.59 Å². The average molecular weight is 439 g/mol. The van der Waals surface area contributed by atoms with Gasteiger partial charge in [0.25, 0.3) is 0 Å². The summed E-state index contributed by atoms with van der Waals surface area (Å²) in [4.78, 5) is 28.2. The molecule has 0 aromatic heterocycles. The van der Waals surface area contributed by atoms with E-state index in [0.29, 0.717) is 18.7 Å². The summed E-state index contributed by atoms with van der Waals surface area (Å²) >= 11 is 1.61. The van der Waals surface area contributed by atoms with Crippen LogP contribution in [0.4, 0.5) is 0 Å². The van der Waals surface area contributed by atoms with Crippen LogP contribution in [0.5, 0.6) is 0 Å². The van der Waals surface area contributed by atoms with Crippen LogP contribution in [0.25, 0.3) is 0 Å². The minimum Gasteiger partial charge on any atom is -0.352 e. The Bertz CT molecular complexity index is 807. The van der Waals surface area contributed by atoms with Crippen molar-refractivity contribution in [2.75, 3.05) is 5.75 Å². The largest absolute Gasteiger partial charge is 0.352 e. The van der Waals surface area contributed by atoms with Crippen molar-refractivity contribution in [1.29, 1.82) is 0 Å². The van der Waals surface area contributed by atoms with E-state index in [1.165, 1.54) is 24.8 Å². The predicted octanol–water partition coefficient (Wildman–Crippen LogP) is 5.18. The van der Waals surface area contributed by atoms with Crippen LogP contribution in [-0.4, -0.2) is 34.6 Å². The smallest absolute Gasteiger partial charge is 0.243 e. The summed E-state index contributed by atoms with van der Waals surface area (Å²) < 4.78 is 0. The number of hydrogen-bond donors (Lipinski definition) is 1. The van der Waals surface area contributed by atoms with Crippen molar-refractivity contribution >= 4 is 23.6 Å². The van der Waals surface area contributed by atoms with E-state index in [2.05, 4.69) is 17.4 Å². The molecule has 3 rings (SSSR count). The Morgan fingerprint density at radius 2 is 1.58 bits per heavy atom. The quantitative estimate of drug-likeness (QED) is 0.556. The molecule has 0 radical (unpaired) electrons. The molecular weight excluding hydrogens is 404 g/mol. The molecule has 1 N–H and O–H groups in total. The zero-order valence-corrected chi connectivity index (χ0v) is 19.3. The third-order valence-corrected chi connectivity index (χ3v) is 6.86. The Morgan fingerprint density at radius 1 is 0.968 bits per heavy atom. The first-order chi connectivity index (χ1) is 15.2. The molecule has 2 aromatic carbocycles. The second-order valence-electron chi connectivity index (χ2n) is 8.25. The SMILES string of the molecule is CC[C@H](C(=O)NC1CCCCC1)N(Cc1ccccc1)C(=O)CSCc1ccccc1. The highest BCUT2D eigenvalue weighted by Crippen LogP contribution is 2.20. The van der Waals surface area contributed by atoms with Gasteiger partial charge in [-0.05, 0) is 30.4 Å². The summed E-state index contributed by atoms with van der Waals surface area (Å²) in [5, 5.41) is 3.23. The van der Waals surface area contributed by atoms with Gasteiger partial charge in [-0.25, -0.2) is 0 Å². The molecule has 4 nitrogen and oxygen atoms in total. The Labute approximate surface area is 190 Å². The zero-order chi connectivity index (χ0) is 21.9. The van der Waals surface area contributed by atoms with Crippen LogP contribution in [-0.2, 0) is 21.9 Å². The third kappa shape index (κ3) is 7.42. The van der Waals surface area contributed by atoms with Gasteiger partial charge in [-0.1, -0.05) is 86.8 Å². The molecule has 0 aliphatic heterocycles. The van der Waals surface area contributed by atoms with E-state index in [0.717, 1.165) is 24.2 Å². The number of nitrogens with one attached hydrogen (secondary N) is 1. The summed E-state index contributed by atoms with van der Waals surface area (Å²) in [7, 11) is 0. The van der Waals surface area contributed by atoms with E-state index in [1.807, 2.05) is 55.5 Å². The monoisotopic (exact) mass is 438 g/mol. The molecule has 1 atom stereocenters. The minimum absolute atomic E-state index is 0.00765. The molecule has 166 valence electrons. The van der Waals surface area contributed by atoms with Crippen molar-refractivity contribution < 1.29 is 9.59 Å². The maximum atomic E-state index is 13.3. The number of rotatable bonds is 10. The molecular formula is C26H34N2O2S. The van der Waals surface area contributed by atoms with Crippen LogP contribution < -0.4 is 5.32 Å². The summed E-state index contributed by atoms with van der Waals surface area (Å²) in [6.45, 7) is 2.45. The minimum atomic E-state index is -0.438. The molecule has 0 bridgehead atoms. The number of carbonyl (C=O) groups excluding carboxylic acids is 2. The molecule has 0 saturated heterocycles. The predicted molar refractivity (Wildman–Crippen MR) is 129 cm³/mol. The molecule has 1 saturated carbocycles. The van der Waals surface area contributed by atoms with Crippen molar-refractivity contribution in [3.8, 4) is 0 Å². The first-order valence-corrected chi connectivity index (χ1v) is 12.6. The Hall–Kier alpha value is -2.27. The van der Waals surface area contributed by atoms with Crippen molar-refractivity contribution in [3.05, 3.63) is 71.8 Å². The van der Waals surface area contributed by atoms with E-state index < -0.39 is 6.04 Å². The molecule has 1 aliphatic rings. The van der Waals surface area contributed by atoms with Gasteiger partial charge < -0.3 is 10.2 Å². The van der Waals surface area contributed by atoms with Gasteiger partial charge in [0.1, 0.15) is 6.04 Å². The Kier molecular flexibility index (Phi) is 9.47. The van der Waals surface area contributed by atoms with Crippen molar-refractivity contribution in [2.45, 2.75) is 69.8 Å². The van der Waals surface area contributed by atoms with Crippen LogP contribution in [0.15, 0.2) is 60.7 Å². The molecule has 0 unspecified atom stereocenters. The highest BCUT2D eigenvalue weighted by atomic mass is 32.2. The summed E-state index contributed by atoms with van der Waals surface area (Å²) in [6, 6.07) is 19.9. The van der Waals surface area contributed by atoms with Crippen molar-refractivity contribution in [3.63, 3.8) is 0 Å². The normalized spacial score (nSPS) is 15.3. The van der Waals surface area contributed by atoms with Gasteiger partial charge in [0.2, 0.25) is 11.8 Å². The van der Waals surface area contributed by atoms with Crippen LogP contribution in [0.1, 0.15) is 56.6 Å². The number of thioether (sulfide) groups is 1. The highest BCUT2D eigenvalue weighted by molar-refractivity contribution is 7.99. The molecule has 1 fully saturated rings. The van der Waals surface area contributed by atoms with Crippen LogP contribution in [0, 0.1) is 0 Å². The van der Waals surface area contributed by atoms with Gasteiger partial charge in [0, 0.05) is 18.3 Å². The maximum absolute atomic E-state index is 13.3. The van der Waals surface area contributed by atoms with E-state index in [1.54, 1.807) is 16.7 Å². The second-order valence-corrected chi connectivity index (χ2v) is 9.24. The standard InChI is InChI=1S/C26H34N2O2S/c1-2-24(26(30)27-23-16-10-5-11-17-23)28(18-21-12-6-3-7-13-21)25(29)20-31-19-22-14-8-4-9-15-22/h3-4,6-9,12-15,23-24H,2,5,10-11,16-20H2,1H3,(H,27,30)/t24-/m1/s1. The molecule has 31 heavy (non-hydrogen) atoms. The molecule has 2 amide bonds. The van der Waals surface area contributed by atoms with Gasteiger partial charge >= 0.3 is 0 Å². The fraction of sp³-hybridized carbons (Fsp3) is 0.462. The first-order valence-electron chi connectivity index (χ1n) is 11.4. The van der Waals surface area contributed by atoms with Gasteiger partial charge in [-0.15, -0.1) is 11.8 Å². The van der Waals surface area contributed by atoms with Gasteiger partial charge in [-0.3, -0.25) is 9.59 Å². The first kappa shape index (κ1) is 23.4. The summed E-state index contributed by atoms with van der Waals surface area (Å²) in [6.07, 6.45) is 6.29. The van der Waals surface area contributed by atoms with Crippen LogP contribution >= 0.6 is 11.8 Å². The maximum Gasteiger partial charge on any atom is 0.243 e. The zero-order valence-electron chi connectivity index (χ0n) is 18.5. The fourth-order valence-electron chi connectivity index (χ4n) is 4.16. The number of benzene rings is 2. The number of nitrogens with zero attached hydrogens (tertiary/aromatic N) is 1. The topological polar surface area (TPSA) is 49.4 Å². The Balaban J connectivity index is 1.67. The van der Waals surface area contributed by atoms with Gasteiger partial charge in [-0.2, -0.15) is 0 Å². The number of amides is 2. The van der Waals surface area contributed by atoms with E-state index >= 15 is 0 Å². The highest BCUT2D eigenvalue weighted by Gasteiger charge is 2.30. The summed E-state index contributed by atoms with van der Waals surface area (Å²) in [5.74, 6) is 1.17. The van der Waals surface area contributed by atoms with E-state index in [4.69, 9.17) is 0 Å². The van der Waals surface area contributed by atoms with E-state index in [-0.39, 0.29) is 17.9 Å². The number of carbonyl (C=O) groups is 2. The lowest BCUT2D eigenvalue weighted by Crippen LogP contribution is -2.52. The average Bonchev–Trinajstić information content (AvgIpc) is 2.81. The molecule has 2 aromatic rings. The van der Waals surface area contributed by atoms with Gasteiger partial charge in [0.15, 0.2) is 0 Å². The second kappa shape index (κ2) is 12.6. The van der Waals surface area contributed by atoms with Crippen molar-refractivity contribution in [2.24, 2.45) is 0 Å². The number of hydrogen-bond acceptors (Lipinski definition) is 3. The summed E-state index contributed by atoms with van der Waals surface area (Å²) in [5.41, 5.74) is 2.25. The van der Waals surface area contributed by atoms with Crippen molar-refractivity contribution in [1.82, 2.24) is 10.2 Å². The van der Waals surface area contributed by atoms with Crippen LogP contribution in [0.3, 0.4) is 0 Å². The lowest BCUT2D eigenvalue weighted by molar-refractivity contribution is -0.139. The lowest BCUT2D eigenvalue weighted by atomic mass is 9.95. The molecule has 0 heterocycles. The molecule has 1 aliphatic carbocycles. The fourth-order valence-corrected chi connectivity index (χ4v) is 5.03. The van der Waals surface area contributed by atoms with Crippen LogP contribution in [0.2, 0.25) is 0 Å². The third-order valence-electron chi connectivity index (χ3n) is 5.87. The molecule has 5 heteroatoms.